The fourth-order valence-corrected chi connectivity index (χ4v) is 1.78. The van der Waals surface area contributed by atoms with Crippen molar-refractivity contribution in [3.8, 4) is 5.75 Å². The minimum Gasteiger partial charge on any atom is -0.488 e. The average molecular weight is 445 g/mol. The van der Waals surface area contributed by atoms with Crippen LogP contribution in [0.1, 0.15) is 38.8 Å². The van der Waals surface area contributed by atoms with Crippen LogP contribution in [-0.2, 0) is 12.7 Å². The number of guanidine groups is 1. The Morgan fingerprint density at radius 1 is 1.26 bits per heavy atom. The second kappa shape index (κ2) is 8.60. The van der Waals surface area contributed by atoms with E-state index in [9.17, 15) is 13.2 Å². The molecule has 0 saturated heterocycles. The van der Waals surface area contributed by atoms with Gasteiger partial charge in [-0.2, -0.15) is 13.2 Å². The maximum absolute atomic E-state index is 13.2. The minimum atomic E-state index is -4.48. The Balaban J connectivity index is 0.00000484. The van der Waals surface area contributed by atoms with Crippen LogP contribution in [0.25, 0.3) is 0 Å². The Kier molecular flexibility index (Phi) is 8.16. The standard InChI is InChI=1S/C15H22F3N3O.HI/c1-5-20-13(19)21-9-10-6-7-11(22-14(2,3)4)8-12(10)15(16,17)18;/h6-8H,5,9H2,1-4H3,(H3,19,20,21);1H. The maximum Gasteiger partial charge on any atom is 0.416 e. The first-order valence-electron chi connectivity index (χ1n) is 6.96. The van der Waals surface area contributed by atoms with E-state index in [-0.39, 0.29) is 47.8 Å². The molecule has 0 heterocycles. The van der Waals surface area contributed by atoms with E-state index in [1.807, 2.05) is 6.92 Å². The summed E-state index contributed by atoms with van der Waals surface area (Å²) < 4.78 is 45.0. The zero-order valence-corrected chi connectivity index (χ0v) is 16.0. The van der Waals surface area contributed by atoms with Gasteiger partial charge in [0.25, 0.3) is 0 Å². The maximum atomic E-state index is 13.2. The van der Waals surface area contributed by atoms with Gasteiger partial charge in [-0.15, -0.1) is 24.0 Å². The molecule has 1 aromatic carbocycles. The number of hydrogen-bond donors (Lipinski definition) is 2. The van der Waals surface area contributed by atoms with Crippen LogP contribution in [0.2, 0.25) is 0 Å². The molecule has 8 heteroatoms. The Morgan fingerprint density at radius 3 is 2.35 bits per heavy atom. The highest BCUT2D eigenvalue weighted by molar-refractivity contribution is 14.0. The van der Waals surface area contributed by atoms with Gasteiger partial charge in [-0.25, -0.2) is 4.99 Å². The van der Waals surface area contributed by atoms with Crippen LogP contribution in [0.15, 0.2) is 23.2 Å². The fourth-order valence-electron chi connectivity index (χ4n) is 1.78. The lowest BCUT2D eigenvalue weighted by Gasteiger charge is -2.22. The van der Waals surface area contributed by atoms with Gasteiger partial charge < -0.3 is 15.8 Å². The third-order valence-electron chi connectivity index (χ3n) is 2.59. The Hall–Kier alpha value is -1.19. The number of nitrogens with two attached hydrogens (primary N) is 1. The summed E-state index contributed by atoms with van der Waals surface area (Å²) in [5.74, 6) is 0.290. The number of halogens is 4. The second-order valence-electron chi connectivity index (χ2n) is 5.76. The van der Waals surface area contributed by atoms with Crippen molar-refractivity contribution < 1.29 is 17.9 Å². The van der Waals surface area contributed by atoms with Crippen LogP contribution in [0.4, 0.5) is 13.2 Å². The van der Waals surface area contributed by atoms with E-state index in [0.717, 1.165) is 6.07 Å². The first kappa shape index (κ1) is 21.8. The van der Waals surface area contributed by atoms with Crippen LogP contribution in [-0.4, -0.2) is 18.1 Å². The predicted octanol–water partition coefficient (Wildman–Crippen LogP) is 3.92. The molecule has 0 unspecified atom stereocenters. The van der Waals surface area contributed by atoms with Crippen molar-refractivity contribution in [2.75, 3.05) is 6.54 Å². The highest BCUT2D eigenvalue weighted by Crippen LogP contribution is 2.35. The molecule has 0 amide bonds. The predicted molar refractivity (Wildman–Crippen MR) is 96.2 cm³/mol. The van der Waals surface area contributed by atoms with Crippen LogP contribution in [0.5, 0.6) is 5.75 Å². The number of benzene rings is 1. The first-order chi connectivity index (χ1) is 10.0. The lowest BCUT2D eigenvalue weighted by Crippen LogP contribution is -2.31. The van der Waals surface area contributed by atoms with Crippen molar-refractivity contribution in [1.29, 1.82) is 0 Å². The van der Waals surface area contributed by atoms with Gasteiger partial charge in [0, 0.05) is 6.54 Å². The molecule has 0 saturated carbocycles. The van der Waals surface area contributed by atoms with Crippen molar-refractivity contribution in [2.24, 2.45) is 10.7 Å². The van der Waals surface area contributed by atoms with Gasteiger partial charge >= 0.3 is 6.18 Å². The summed E-state index contributed by atoms with van der Waals surface area (Å²) in [6.45, 7) is 7.55. The highest BCUT2D eigenvalue weighted by atomic mass is 127. The molecular weight excluding hydrogens is 422 g/mol. The lowest BCUT2D eigenvalue weighted by molar-refractivity contribution is -0.138. The van der Waals surface area contributed by atoms with E-state index in [0.29, 0.717) is 6.54 Å². The molecule has 0 fully saturated rings. The fraction of sp³-hybridized carbons (Fsp3) is 0.533. The van der Waals surface area contributed by atoms with E-state index < -0.39 is 17.3 Å². The summed E-state index contributed by atoms with van der Waals surface area (Å²) >= 11 is 0. The van der Waals surface area contributed by atoms with Crippen molar-refractivity contribution >= 4 is 29.9 Å². The molecule has 0 bridgehead atoms. The molecule has 0 atom stereocenters. The van der Waals surface area contributed by atoms with Gasteiger partial charge in [-0.3, -0.25) is 0 Å². The molecule has 0 aromatic heterocycles. The molecule has 132 valence electrons. The molecule has 0 aliphatic rings. The monoisotopic (exact) mass is 445 g/mol. The number of nitrogens with zero attached hydrogens (tertiary/aromatic N) is 1. The van der Waals surface area contributed by atoms with Gasteiger partial charge in [0.15, 0.2) is 5.96 Å². The van der Waals surface area contributed by atoms with Crippen LogP contribution in [0.3, 0.4) is 0 Å². The van der Waals surface area contributed by atoms with Crippen LogP contribution in [0, 0.1) is 0 Å². The first-order valence-corrected chi connectivity index (χ1v) is 6.96. The van der Waals surface area contributed by atoms with E-state index in [1.165, 1.54) is 12.1 Å². The summed E-state index contributed by atoms with van der Waals surface area (Å²) in [5, 5.41) is 2.74. The van der Waals surface area contributed by atoms with Crippen molar-refractivity contribution in [2.45, 2.75) is 46.0 Å². The smallest absolute Gasteiger partial charge is 0.416 e. The summed E-state index contributed by atoms with van der Waals surface area (Å²) in [6, 6.07) is 3.88. The van der Waals surface area contributed by atoms with E-state index in [2.05, 4.69) is 10.3 Å². The summed E-state index contributed by atoms with van der Waals surface area (Å²) in [4.78, 5) is 3.91. The number of aliphatic imine (C=N–C) groups is 1. The quantitative estimate of drug-likeness (QED) is 0.420. The third kappa shape index (κ3) is 7.76. The highest BCUT2D eigenvalue weighted by Gasteiger charge is 2.34. The largest absolute Gasteiger partial charge is 0.488 e. The summed E-state index contributed by atoms with van der Waals surface area (Å²) in [7, 11) is 0. The van der Waals surface area contributed by atoms with Gasteiger partial charge in [-0.1, -0.05) is 6.07 Å². The van der Waals surface area contributed by atoms with E-state index >= 15 is 0 Å². The van der Waals surface area contributed by atoms with Crippen molar-refractivity contribution in [3.63, 3.8) is 0 Å². The normalized spacial score (nSPS) is 12.6. The molecule has 3 N–H and O–H groups in total. The molecule has 4 nitrogen and oxygen atoms in total. The molecule has 0 aliphatic heterocycles. The molecule has 1 aromatic rings. The number of nitrogens with one attached hydrogen (secondary N) is 1. The lowest BCUT2D eigenvalue weighted by atomic mass is 10.1. The SMILES string of the molecule is CCNC(N)=NCc1ccc(OC(C)(C)C)cc1C(F)(F)F.I. The van der Waals surface area contributed by atoms with Crippen molar-refractivity contribution in [3.05, 3.63) is 29.3 Å². The number of rotatable bonds is 4. The molecule has 1 rings (SSSR count). The Labute approximate surface area is 151 Å². The van der Waals surface area contributed by atoms with Crippen LogP contribution < -0.4 is 15.8 Å². The van der Waals surface area contributed by atoms with E-state index in [4.69, 9.17) is 10.5 Å². The molecule has 0 radical (unpaired) electrons. The zero-order chi connectivity index (χ0) is 17.0. The Bertz CT molecular complexity index is 540. The van der Waals surface area contributed by atoms with Crippen molar-refractivity contribution in [1.82, 2.24) is 5.32 Å². The average Bonchev–Trinajstić information content (AvgIpc) is 2.34. The van der Waals surface area contributed by atoms with Crippen LogP contribution >= 0.6 is 24.0 Å². The van der Waals surface area contributed by atoms with Gasteiger partial charge in [0.05, 0.1) is 12.1 Å². The van der Waals surface area contributed by atoms with Gasteiger partial charge in [0.2, 0.25) is 0 Å². The topological polar surface area (TPSA) is 59.6 Å². The second-order valence-corrected chi connectivity index (χ2v) is 5.76. The summed E-state index contributed by atoms with van der Waals surface area (Å²) in [5.41, 5.74) is 4.25. The summed E-state index contributed by atoms with van der Waals surface area (Å²) in [6.07, 6.45) is -4.48. The zero-order valence-electron chi connectivity index (χ0n) is 13.6. The van der Waals surface area contributed by atoms with Gasteiger partial charge in [0.1, 0.15) is 11.4 Å². The Morgan fingerprint density at radius 2 is 1.87 bits per heavy atom. The van der Waals surface area contributed by atoms with Gasteiger partial charge in [-0.05, 0) is 45.4 Å². The number of hydrogen-bond acceptors (Lipinski definition) is 2. The molecular formula is C15H23F3IN3O. The molecule has 23 heavy (non-hydrogen) atoms. The number of alkyl halides is 3. The minimum absolute atomic E-state index is 0. The van der Waals surface area contributed by atoms with E-state index in [1.54, 1.807) is 20.8 Å². The third-order valence-corrected chi connectivity index (χ3v) is 2.59. The molecule has 0 spiro atoms. The molecule has 0 aliphatic carbocycles. The number of ether oxygens (including phenoxy) is 1.